The van der Waals surface area contributed by atoms with Gasteiger partial charge in [0, 0.05) is 4.91 Å². The van der Waals surface area contributed by atoms with Crippen molar-refractivity contribution >= 4 is 11.8 Å². The Kier molecular flexibility index (Phi) is 3.04. The fraction of sp³-hybridized carbons (Fsp3) is 0.417. The van der Waals surface area contributed by atoms with E-state index in [0.29, 0.717) is 10.8 Å². The number of thioether (sulfide) groups is 1. The van der Waals surface area contributed by atoms with Crippen LogP contribution in [0.15, 0.2) is 59.0 Å². The summed E-state index contributed by atoms with van der Waals surface area (Å²) >= 11 is 2.12. The summed E-state index contributed by atoms with van der Waals surface area (Å²) in [5.41, 5.74) is 8.24. The molecule has 5 rings (SSSR count). The highest BCUT2D eigenvalue weighted by atomic mass is 32.2. The molecule has 1 heteroatoms. The second kappa shape index (κ2) is 4.82. The highest BCUT2D eigenvalue weighted by Gasteiger charge is 2.62. The van der Waals surface area contributed by atoms with Gasteiger partial charge in [0.2, 0.25) is 0 Å². The SMILES string of the molecule is CC1(C)CCCC(C)(C)C1=C1SC12c1ccccc1-c1ccccc12. The zero-order valence-corrected chi connectivity index (χ0v) is 16.5. The van der Waals surface area contributed by atoms with Crippen LogP contribution in [0.3, 0.4) is 0 Å². The van der Waals surface area contributed by atoms with E-state index in [1.54, 1.807) is 10.5 Å². The molecule has 1 spiro atoms. The van der Waals surface area contributed by atoms with Gasteiger partial charge in [-0.15, -0.1) is 11.8 Å². The van der Waals surface area contributed by atoms with Gasteiger partial charge in [-0.2, -0.15) is 0 Å². The monoisotopic (exact) mass is 346 g/mol. The van der Waals surface area contributed by atoms with E-state index in [-0.39, 0.29) is 4.75 Å². The second-order valence-corrected chi connectivity index (χ2v) is 10.4. The van der Waals surface area contributed by atoms with Gasteiger partial charge in [0.1, 0.15) is 4.75 Å². The van der Waals surface area contributed by atoms with Crippen molar-refractivity contribution < 1.29 is 0 Å². The Morgan fingerprint density at radius 2 is 1.20 bits per heavy atom. The molecule has 0 bridgehead atoms. The van der Waals surface area contributed by atoms with Crippen molar-refractivity contribution in [3.63, 3.8) is 0 Å². The molecule has 0 aromatic heterocycles. The maximum Gasteiger partial charge on any atom is 0.102 e. The van der Waals surface area contributed by atoms with Gasteiger partial charge in [0.25, 0.3) is 0 Å². The predicted molar refractivity (Wildman–Crippen MR) is 109 cm³/mol. The first-order valence-corrected chi connectivity index (χ1v) is 10.3. The number of fused-ring (bicyclic) bond motifs is 5. The molecule has 2 fully saturated rings. The van der Waals surface area contributed by atoms with Crippen LogP contribution in [0.5, 0.6) is 0 Å². The third-order valence-electron chi connectivity index (χ3n) is 6.62. The molecule has 3 aliphatic rings. The molecular weight excluding hydrogens is 320 g/mol. The maximum absolute atomic E-state index is 2.47. The fourth-order valence-electron chi connectivity index (χ4n) is 5.66. The van der Waals surface area contributed by atoms with Gasteiger partial charge in [0.05, 0.1) is 0 Å². The quantitative estimate of drug-likeness (QED) is 0.456. The molecule has 0 unspecified atom stereocenters. The molecule has 2 aromatic carbocycles. The molecular formula is C24H26S. The number of rotatable bonds is 0. The van der Waals surface area contributed by atoms with Gasteiger partial charge in [0.15, 0.2) is 0 Å². The third kappa shape index (κ3) is 1.96. The number of benzene rings is 2. The lowest BCUT2D eigenvalue weighted by molar-refractivity contribution is 0.214. The van der Waals surface area contributed by atoms with Gasteiger partial charge >= 0.3 is 0 Å². The summed E-state index contributed by atoms with van der Waals surface area (Å²) in [4.78, 5) is 1.65. The summed E-state index contributed by atoms with van der Waals surface area (Å²) in [6.07, 6.45) is 3.98. The van der Waals surface area contributed by atoms with Crippen molar-refractivity contribution in [2.45, 2.75) is 51.7 Å². The van der Waals surface area contributed by atoms with Crippen molar-refractivity contribution in [3.8, 4) is 11.1 Å². The smallest absolute Gasteiger partial charge is 0.102 e. The first-order valence-electron chi connectivity index (χ1n) is 9.52. The van der Waals surface area contributed by atoms with Crippen molar-refractivity contribution in [1.82, 2.24) is 0 Å². The van der Waals surface area contributed by atoms with Crippen molar-refractivity contribution in [3.05, 3.63) is 70.1 Å². The molecule has 1 aliphatic heterocycles. The van der Waals surface area contributed by atoms with Crippen LogP contribution in [-0.4, -0.2) is 0 Å². The highest BCUT2D eigenvalue weighted by Crippen LogP contribution is 2.77. The van der Waals surface area contributed by atoms with Crippen LogP contribution in [0.2, 0.25) is 0 Å². The van der Waals surface area contributed by atoms with Gasteiger partial charge in [-0.1, -0.05) is 82.6 Å². The van der Waals surface area contributed by atoms with E-state index in [1.807, 2.05) is 0 Å². The summed E-state index contributed by atoms with van der Waals surface area (Å²) in [5.74, 6) is 0. The molecule has 0 N–H and O–H groups in total. The largest absolute Gasteiger partial charge is 0.106 e. The highest BCUT2D eigenvalue weighted by molar-refractivity contribution is 8.12. The first kappa shape index (κ1) is 15.8. The summed E-state index contributed by atoms with van der Waals surface area (Å²) in [6.45, 7) is 9.87. The van der Waals surface area contributed by atoms with Crippen molar-refractivity contribution in [1.29, 1.82) is 0 Å². The fourth-order valence-corrected chi connectivity index (χ4v) is 7.46. The lowest BCUT2D eigenvalue weighted by Crippen LogP contribution is -2.33. The van der Waals surface area contributed by atoms with E-state index < -0.39 is 0 Å². The van der Waals surface area contributed by atoms with Gasteiger partial charge < -0.3 is 0 Å². The summed E-state index contributed by atoms with van der Waals surface area (Å²) < 4.78 is 0.0917. The Balaban J connectivity index is 1.80. The predicted octanol–water partition coefficient (Wildman–Crippen LogP) is 7.15. The van der Waals surface area contributed by atoms with Crippen molar-refractivity contribution in [2.24, 2.45) is 10.8 Å². The molecule has 1 heterocycles. The molecule has 1 saturated heterocycles. The van der Waals surface area contributed by atoms with Crippen LogP contribution in [0.25, 0.3) is 11.1 Å². The Hall–Kier alpha value is -1.47. The zero-order valence-electron chi connectivity index (χ0n) is 15.6. The van der Waals surface area contributed by atoms with E-state index in [2.05, 4.69) is 88.0 Å². The summed E-state index contributed by atoms with van der Waals surface area (Å²) in [5, 5.41) is 0. The Bertz CT molecular complexity index is 850. The average Bonchev–Trinajstić information content (AvgIpc) is 3.21. The molecule has 0 amide bonds. The normalized spacial score (nSPS) is 24.2. The van der Waals surface area contributed by atoms with Gasteiger partial charge in [-0.25, -0.2) is 0 Å². The molecule has 25 heavy (non-hydrogen) atoms. The van der Waals surface area contributed by atoms with E-state index in [0.717, 1.165) is 0 Å². The topological polar surface area (TPSA) is 0 Å². The molecule has 2 aliphatic carbocycles. The number of hydrogen-bond acceptors (Lipinski definition) is 1. The number of allylic oxidation sites excluding steroid dienone is 1. The van der Waals surface area contributed by atoms with Crippen LogP contribution in [-0.2, 0) is 4.75 Å². The van der Waals surface area contributed by atoms with Crippen LogP contribution in [0.4, 0.5) is 0 Å². The number of hydrogen-bond donors (Lipinski definition) is 0. The molecule has 0 radical (unpaired) electrons. The van der Waals surface area contributed by atoms with Crippen LogP contribution < -0.4 is 0 Å². The average molecular weight is 347 g/mol. The second-order valence-electron chi connectivity index (χ2n) is 9.20. The Morgan fingerprint density at radius 1 is 0.720 bits per heavy atom. The van der Waals surface area contributed by atoms with Gasteiger partial charge in [-0.05, 0) is 51.5 Å². The Labute approximate surface area is 155 Å². The molecule has 1 saturated carbocycles. The summed E-state index contributed by atoms with van der Waals surface area (Å²) in [7, 11) is 0. The maximum atomic E-state index is 2.47. The first-order chi connectivity index (χ1) is 11.9. The molecule has 2 aromatic rings. The van der Waals surface area contributed by atoms with E-state index in [1.165, 1.54) is 41.5 Å². The molecule has 0 nitrogen and oxygen atoms in total. The summed E-state index contributed by atoms with van der Waals surface area (Å²) in [6, 6.07) is 18.1. The minimum Gasteiger partial charge on any atom is -0.106 e. The van der Waals surface area contributed by atoms with Crippen LogP contribution in [0, 0.1) is 10.8 Å². The minimum atomic E-state index is 0.0917. The van der Waals surface area contributed by atoms with E-state index in [4.69, 9.17) is 0 Å². The lowest BCUT2D eigenvalue weighted by atomic mass is 9.60. The minimum absolute atomic E-state index is 0.0917. The van der Waals surface area contributed by atoms with Crippen LogP contribution >= 0.6 is 11.8 Å². The van der Waals surface area contributed by atoms with E-state index in [9.17, 15) is 0 Å². The molecule has 0 atom stereocenters. The standard InChI is InChI=1S/C24H26S/c1-22(2)14-9-15-23(3,4)20(22)21-24(25-21)18-12-7-5-10-16(18)17-11-6-8-13-19(17)24/h5-8,10-13H,9,14-15H2,1-4H3. The lowest BCUT2D eigenvalue weighted by Gasteiger charge is -2.44. The Morgan fingerprint density at radius 3 is 1.72 bits per heavy atom. The van der Waals surface area contributed by atoms with Gasteiger partial charge in [-0.3, -0.25) is 0 Å². The molecule has 128 valence electrons. The van der Waals surface area contributed by atoms with E-state index >= 15 is 0 Å². The zero-order chi connectivity index (χ0) is 17.4. The van der Waals surface area contributed by atoms with Crippen molar-refractivity contribution in [2.75, 3.05) is 0 Å². The third-order valence-corrected chi connectivity index (χ3v) is 8.08. The van der Waals surface area contributed by atoms with Crippen LogP contribution in [0.1, 0.15) is 58.1 Å².